The molecular formula is C14H10BrIO. The summed E-state index contributed by atoms with van der Waals surface area (Å²) in [5, 5.41) is 0. The van der Waals surface area contributed by atoms with Gasteiger partial charge in [0.15, 0.2) is 5.78 Å². The third-order valence-electron chi connectivity index (χ3n) is 2.46. The Morgan fingerprint density at radius 2 is 1.94 bits per heavy atom. The molecule has 0 fully saturated rings. The highest BCUT2D eigenvalue weighted by Crippen LogP contribution is 2.21. The molecule has 0 aromatic heterocycles. The highest BCUT2D eigenvalue weighted by molar-refractivity contribution is 14.1. The lowest BCUT2D eigenvalue weighted by atomic mass is 10.0. The molecular weight excluding hydrogens is 391 g/mol. The van der Waals surface area contributed by atoms with Gasteiger partial charge in [-0.15, -0.1) is 0 Å². The van der Waals surface area contributed by atoms with Crippen LogP contribution in [-0.2, 0) is 0 Å². The van der Waals surface area contributed by atoms with Gasteiger partial charge in [-0.1, -0.05) is 39.7 Å². The van der Waals surface area contributed by atoms with Crippen LogP contribution in [0, 0.1) is 10.5 Å². The Kier molecular flexibility index (Phi) is 3.99. The minimum Gasteiger partial charge on any atom is -0.289 e. The molecule has 0 spiro atoms. The number of halogens is 2. The fourth-order valence-electron chi connectivity index (χ4n) is 1.62. The summed E-state index contributed by atoms with van der Waals surface area (Å²) in [7, 11) is 0. The van der Waals surface area contributed by atoms with E-state index in [9.17, 15) is 4.79 Å². The predicted molar refractivity (Wildman–Crippen MR) is 81.5 cm³/mol. The third-order valence-corrected chi connectivity index (χ3v) is 3.84. The van der Waals surface area contributed by atoms with Crippen LogP contribution in [0.4, 0.5) is 0 Å². The molecule has 0 saturated carbocycles. The second-order valence-corrected chi connectivity index (χ2v) is 5.90. The Labute approximate surface area is 123 Å². The van der Waals surface area contributed by atoms with Crippen molar-refractivity contribution >= 4 is 44.3 Å². The summed E-state index contributed by atoms with van der Waals surface area (Å²) in [6, 6.07) is 13.4. The molecule has 3 heteroatoms. The molecule has 2 aromatic rings. The molecule has 0 N–H and O–H groups in total. The van der Waals surface area contributed by atoms with Crippen molar-refractivity contribution in [1.29, 1.82) is 0 Å². The molecule has 0 atom stereocenters. The van der Waals surface area contributed by atoms with Gasteiger partial charge in [0.2, 0.25) is 0 Å². The number of hydrogen-bond donors (Lipinski definition) is 0. The fourth-order valence-corrected chi connectivity index (χ4v) is 3.16. The second-order valence-electron chi connectivity index (χ2n) is 3.82. The van der Waals surface area contributed by atoms with E-state index in [1.54, 1.807) is 0 Å². The van der Waals surface area contributed by atoms with Crippen molar-refractivity contribution < 1.29 is 4.79 Å². The molecule has 0 saturated heterocycles. The van der Waals surface area contributed by atoms with Gasteiger partial charge < -0.3 is 0 Å². The summed E-state index contributed by atoms with van der Waals surface area (Å²) >= 11 is 5.58. The molecule has 17 heavy (non-hydrogen) atoms. The Hall–Kier alpha value is -0.680. The molecule has 0 aliphatic rings. The first-order chi connectivity index (χ1) is 8.08. The maximum absolute atomic E-state index is 12.3. The lowest BCUT2D eigenvalue weighted by Crippen LogP contribution is -2.03. The number of hydrogen-bond acceptors (Lipinski definition) is 1. The van der Waals surface area contributed by atoms with Crippen molar-refractivity contribution in [3.05, 3.63) is 67.2 Å². The van der Waals surface area contributed by atoms with Crippen molar-refractivity contribution in [3.8, 4) is 0 Å². The molecule has 2 rings (SSSR count). The molecule has 86 valence electrons. The van der Waals surface area contributed by atoms with Crippen LogP contribution in [0.15, 0.2) is 46.9 Å². The van der Waals surface area contributed by atoms with Crippen molar-refractivity contribution in [2.45, 2.75) is 6.92 Å². The van der Waals surface area contributed by atoms with Gasteiger partial charge in [-0.05, 0) is 53.8 Å². The molecule has 0 amide bonds. The quantitative estimate of drug-likeness (QED) is 0.532. The van der Waals surface area contributed by atoms with E-state index in [2.05, 4.69) is 38.5 Å². The van der Waals surface area contributed by atoms with Gasteiger partial charge in [-0.25, -0.2) is 0 Å². The number of aryl methyl sites for hydroxylation is 1. The molecule has 0 radical (unpaired) electrons. The van der Waals surface area contributed by atoms with Crippen LogP contribution in [0.5, 0.6) is 0 Å². The summed E-state index contributed by atoms with van der Waals surface area (Å²) in [6.07, 6.45) is 0. The van der Waals surface area contributed by atoms with Gasteiger partial charge >= 0.3 is 0 Å². The molecule has 0 heterocycles. The predicted octanol–water partition coefficient (Wildman–Crippen LogP) is 4.59. The first-order valence-electron chi connectivity index (χ1n) is 5.14. The van der Waals surface area contributed by atoms with Gasteiger partial charge in [0.25, 0.3) is 0 Å². The van der Waals surface area contributed by atoms with Crippen molar-refractivity contribution in [2.75, 3.05) is 0 Å². The molecule has 2 aromatic carbocycles. The normalized spacial score (nSPS) is 10.3. The van der Waals surface area contributed by atoms with Gasteiger partial charge in [0.05, 0.1) is 0 Å². The van der Waals surface area contributed by atoms with E-state index in [0.717, 1.165) is 24.7 Å². The minimum atomic E-state index is 0.0746. The molecule has 0 aliphatic heterocycles. The van der Waals surface area contributed by atoms with E-state index in [1.807, 2.05) is 49.4 Å². The van der Waals surface area contributed by atoms with Crippen molar-refractivity contribution in [1.82, 2.24) is 0 Å². The lowest BCUT2D eigenvalue weighted by Gasteiger charge is -2.05. The summed E-state index contributed by atoms with van der Waals surface area (Å²) in [5.41, 5.74) is 2.59. The van der Waals surface area contributed by atoms with E-state index in [4.69, 9.17) is 0 Å². The van der Waals surface area contributed by atoms with Crippen LogP contribution in [0.3, 0.4) is 0 Å². The third kappa shape index (κ3) is 2.96. The zero-order valence-electron chi connectivity index (χ0n) is 9.21. The molecule has 0 bridgehead atoms. The lowest BCUT2D eigenvalue weighted by molar-refractivity contribution is 0.103. The van der Waals surface area contributed by atoms with Gasteiger partial charge in [-0.3, -0.25) is 4.79 Å². The standard InChI is InChI=1S/C14H10BrIO/c1-9-3-2-4-10(7-9)14(17)12-6-5-11(15)8-13(12)16/h2-8H,1H3. The summed E-state index contributed by atoms with van der Waals surface area (Å²) in [4.78, 5) is 12.3. The van der Waals surface area contributed by atoms with Crippen LogP contribution < -0.4 is 0 Å². The van der Waals surface area contributed by atoms with Gasteiger partial charge in [0, 0.05) is 19.2 Å². The van der Waals surface area contributed by atoms with Crippen LogP contribution in [0.2, 0.25) is 0 Å². The fraction of sp³-hybridized carbons (Fsp3) is 0.0714. The van der Waals surface area contributed by atoms with E-state index >= 15 is 0 Å². The topological polar surface area (TPSA) is 17.1 Å². The summed E-state index contributed by atoms with van der Waals surface area (Å²) in [5.74, 6) is 0.0746. The van der Waals surface area contributed by atoms with Crippen molar-refractivity contribution in [3.63, 3.8) is 0 Å². The van der Waals surface area contributed by atoms with E-state index in [1.165, 1.54) is 0 Å². The number of ketones is 1. The van der Waals surface area contributed by atoms with E-state index in [0.29, 0.717) is 0 Å². The molecule has 0 unspecified atom stereocenters. The maximum atomic E-state index is 12.3. The first kappa shape index (κ1) is 12.8. The Bertz CT molecular complexity index is 578. The summed E-state index contributed by atoms with van der Waals surface area (Å²) < 4.78 is 1.95. The number of carbonyl (C=O) groups excluding carboxylic acids is 1. The maximum Gasteiger partial charge on any atom is 0.194 e. The second kappa shape index (κ2) is 5.31. The Morgan fingerprint density at radius 1 is 1.18 bits per heavy atom. The minimum absolute atomic E-state index is 0.0746. The van der Waals surface area contributed by atoms with Crippen LogP contribution in [0.25, 0.3) is 0 Å². The number of benzene rings is 2. The first-order valence-corrected chi connectivity index (χ1v) is 7.01. The number of carbonyl (C=O) groups is 1. The zero-order chi connectivity index (χ0) is 12.4. The Balaban J connectivity index is 2.44. The van der Waals surface area contributed by atoms with E-state index in [-0.39, 0.29) is 5.78 Å². The smallest absolute Gasteiger partial charge is 0.194 e. The molecule has 0 aliphatic carbocycles. The van der Waals surface area contributed by atoms with E-state index < -0.39 is 0 Å². The SMILES string of the molecule is Cc1cccc(C(=O)c2ccc(Br)cc2I)c1. The largest absolute Gasteiger partial charge is 0.289 e. The Morgan fingerprint density at radius 3 is 2.59 bits per heavy atom. The van der Waals surface area contributed by atoms with Gasteiger partial charge in [-0.2, -0.15) is 0 Å². The monoisotopic (exact) mass is 400 g/mol. The average Bonchev–Trinajstić information content (AvgIpc) is 2.28. The molecule has 1 nitrogen and oxygen atoms in total. The summed E-state index contributed by atoms with van der Waals surface area (Å²) in [6.45, 7) is 1.99. The van der Waals surface area contributed by atoms with Gasteiger partial charge in [0.1, 0.15) is 0 Å². The zero-order valence-corrected chi connectivity index (χ0v) is 12.9. The highest BCUT2D eigenvalue weighted by atomic mass is 127. The van der Waals surface area contributed by atoms with Crippen LogP contribution in [-0.4, -0.2) is 5.78 Å². The van der Waals surface area contributed by atoms with Crippen molar-refractivity contribution in [2.24, 2.45) is 0 Å². The highest BCUT2D eigenvalue weighted by Gasteiger charge is 2.12. The van der Waals surface area contributed by atoms with Crippen LogP contribution >= 0.6 is 38.5 Å². The average molecular weight is 401 g/mol. The number of rotatable bonds is 2. The van der Waals surface area contributed by atoms with Crippen LogP contribution in [0.1, 0.15) is 21.5 Å².